The number of thioether (sulfide) groups is 1. The Balaban J connectivity index is 1.86. The number of likely N-dealkylation sites (tertiary alicyclic amines) is 1. The van der Waals surface area contributed by atoms with Crippen LogP contribution in [0.4, 0.5) is 0 Å². The first-order chi connectivity index (χ1) is 7.77. The largest absolute Gasteiger partial charge is 0.298 e. The van der Waals surface area contributed by atoms with Gasteiger partial charge in [0.15, 0.2) is 0 Å². The molecule has 0 saturated carbocycles. The summed E-state index contributed by atoms with van der Waals surface area (Å²) in [6.07, 6.45) is 1.58. The summed E-state index contributed by atoms with van der Waals surface area (Å²) in [5, 5.41) is 0. The first-order valence-corrected chi connectivity index (χ1v) is 6.68. The van der Waals surface area contributed by atoms with E-state index in [9.17, 15) is 4.79 Å². The lowest BCUT2D eigenvalue weighted by molar-refractivity contribution is -0.124. The van der Waals surface area contributed by atoms with Gasteiger partial charge in [-0.15, -0.1) is 0 Å². The van der Waals surface area contributed by atoms with Gasteiger partial charge in [-0.2, -0.15) is 0 Å². The number of carbonyl (C=O) groups excluding carboxylic acids is 1. The number of thiocarbonyl (C=S) groups is 1. The summed E-state index contributed by atoms with van der Waals surface area (Å²) < 4.78 is 0.714. The van der Waals surface area contributed by atoms with Gasteiger partial charge in [0, 0.05) is 18.7 Å². The van der Waals surface area contributed by atoms with Crippen molar-refractivity contribution in [3.8, 4) is 0 Å². The number of rotatable bonds is 2. The number of nitrogens with zero attached hydrogens (tertiary/aromatic N) is 1. The molecule has 0 unspecified atom stereocenters. The van der Waals surface area contributed by atoms with E-state index in [1.807, 2.05) is 18.2 Å². The lowest BCUT2D eigenvalue weighted by atomic mass is 10.2. The van der Waals surface area contributed by atoms with Gasteiger partial charge in [-0.25, -0.2) is 0 Å². The van der Waals surface area contributed by atoms with E-state index in [1.54, 1.807) is 16.7 Å². The maximum Gasteiger partial charge on any atom is 0.228 e. The lowest BCUT2D eigenvalue weighted by Gasteiger charge is -2.15. The van der Waals surface area contributed by atoms with Crippen LogP contribution in [0.25, 0.3) is 0 Å². The molecular formula is C12H13NOS2. The van der Waals surface area contributed by atoms with Gasteiger partial charge < -0.3 is 0 Å². The molecule has 0 N–H and O–H groups in total. The Bertz CT molecular complexity index is 391. The average Bonchev–Trinajstić information content (AvgIpc) is 2.74. The zero-order valence-corrected chi connectivity index (χ0v) is 10.5. The molecule has 16 heavy (non-hydrogen) atoms. The molecule has 0 aromatic heterocycles. The summed E-state index contributed by atoms with van der Waals surface area (Å²) in [5.41, 5.74) is 1.24. The quantitative estimate of drug-likeness (QED) is 0.754. The van der Waals surface area contributed by atoms with Crippen LogP contribution in [0.15, 0.2) is 30.3 Å². The summed E-state index contributed by atoms with van der Waals surface area (Å²) in [6, 6.07) is 10.2. The Morgan fingerprint density at radius 3 is 2.75 bits per heavy atom. The van der Waals surface area contributed by atoms with Crippen molar-refractivity contribution in [2.75, 3.05) is 6.54 Å². The van der Waals surface area contributed by atoms with Crippen molar-refractivity contribution in [2.45, 2.75) is 18.6 Å². The van der Waals surface area contributed by atoms with Crippen molar-refractivity contribution in [3.63, 3.8) is 0 Å². The van der Waals surface area contributed by atoms with E-state index in [4.69, 9.17) is 12.2 Å². The average molecular weight is 251 g/mol. The molecule has 0 radical (unpaired) electrons. The summed E-state index contributed by atoms with van der Waals surface area (Å²) in [7, 11) is 0. The Hall–Kier alpha value is -0.870. The molecule has 0 bridgehead atoms. The third kappa shape index (κ3) is 2.83. The Morgan fingerprint density at radius 2 is 2.12 bits per heavy atom. The van der Waals surface area contributed by atoms with Crippen molar-refractivity contribution in [1.82, 2.24) is 4.90 Å². The van der Waals surface area contributed by atoms with Crippen LogP contribution in [0.5, 0.6) is 0 Å². The molecule has 1 heterocycles. The zero-order valence-electron chi connectivity index (χ0n) is 8.89. The van der Waals surface area contributed by atoms with Crippen LogP contribution in [0.3, 0.4) is 0 Å². The lowest BCUT2D eigenvalue weighted by Crippen LogP contribution is -2.28. The highest BCUT2D eigenvalue weighted by Gasteiger charge is 2.23. The van der Waals surface area contributed by atoms with Crippen LogP contribution in [0.1, 0.15) is 18.4 Å². The van der Waals surface area contributed by atoms with Crippen LogP contribution in [0, 0.1) is 0 Å². The maximum absolute atomic E-state index is 11.5. The van der Waals surface area contributed by atoms with Crippen LogP contribution >= 0.6 is 24.0 Å². The third-order valence-electron chi connectivity index (χ3n) is 2.50. The number of hydrogen-bond donors (Lipinski definition) is 0. The fraction of sp³-hybridized carbons (Fsp3) is 0.333. The van der Waals surface area contributed by atoms with Crippen molar-refractivity contribution < 1.29 is 4.79 Å². The first kappa shape index (κ1) is 11.6. The van der Waals surface area contributed by atoms with Crippen molar-refractivity contribution in [3.05, 3.63) is 35.9 Å². The topological polar surface area (TPSA) is 20.3 Å². The molecule has 1 aliphatic rings. The number of amides is 1. The van der Waals surface area contributed by atoms with E-state index in [1.165, 1.54) is 5.56 Å². The van der Waals surface area contributed by atoms with Gasteiger partial charge in [0.25, 0.3) is 0 Å². The molecular weight excluding hydrogens is 238 g/mol. The van der Waals surface area contributed by atoms with Crippen LogP contribution < -0.4 is 0 Å². The summed E-state index contributed by atoms with van der Waals surface area (Å²) in [5.74, 6) is 1.01. The van der Waals surface area contributed by atoms with Gasteiger partial charge in [0.2, 0.25) is 5.91 Å². The molecule has 1 aromatic rings. The standard InChI is InChI=1S/C12H13NOS2/c14-11-7-4-8-13(11)12(15)16-9-10-5-2-1-3-6-10/h1-3,5-6H,4,7-9H2. The van der Waals surface area contributed by atoms with E-state index >= 15 is 0 Å². The molecule has 1 fully saturated rings. The second kappa shape index (κ2) is 5.46. The molecule has 2 rings (SSSR count). The number of carbonyl (C=O) groups is 1. The highest BCUT2D eigenvalue weighted by molar-refractivity contribution is 8.22. The molecule has 1 amide bonds. The van der Waals surface area contributed by atoms with Crippen molar-refractivity contribution >= 4 is 34.2 Å². The summed E-state index contributed by atoms with van der Waals surface area (Å²) in [4.78, 5) is 13.2. The second-order valence-corrected chi connectivity index (χ2v) is 5.30. The zero-order chi connectivity index (χ0) is 11.4. The highest BCUT2D eigenvalue weighted by atomic mass is 32.2. The van der Waals surface area contributed by atoms with Gasteiger partial charge >= 0.3 is 0 Å². The predicted octanol–water partition coefficient (Wildman–Crippen LogP) is 2.83. The third-order valence-corrected chi connectivity index (χ3v) is 4.02. The van der Waals surface area contributed by atoms with E-state index < -0.39 is 0 Å². The fourth-order valence-electron chi connectivity index (χ4n) is 1.64. The SMILES string of the molecule is O=C1CCCN1C(=S)SCc1ccccc1. The molecule has 0 aliphatic carbocycles. The Kier molecular flexibility index (Phi) is 3.96. The first-order valence-electron chi connectivity index (χ1n) is 5.28. The van der Waals surface area contributed by atoms with Gasteiger partial charge in [-0.05, 0) is 12.0 Å². The van der Waals surface area contributed by atoms with Crippen LogP contribution in [-0.2, 0) is 10.5 Å². The Morgan fingerprint density at radius 1 is 1.38 bits per heavy atom. The molecule has 4 heteroatoms. The van der Waals surface area contributed by atoms with E-state index in [0.717, 1.165) is 18.7 Å². The number of benzene rings is 1. The van der Waals surface area contributed by atoms with E-state index in [2.05, 4.69) is 12.1 Å². The molecule has 1 saturated heterocycles. The van der Waals surface area contributed by atoms with Crippen LogP contribution in [-0.4, -0.2) is 21.7 Å². The van der Waals surface area contributed by atoms with E-state index in [0.29, 0.717) is 10.7 Å². The molecule has 1 aliphatic heterocycles. The van der Waals surface area contributed by atoms with Gasteiger partial charge in [0.1, 0.15) is 4.32 Å². The fourth-order valence-corrected chi connectivity index (χ4v) is 2.84. The van der Waals surface area contributed by atoms with Gasteiger partial charge in [-0.3, -0.25) is 9.69 Å². The summed E-state index contributed by atoms with van der Waals surface area (Å²) >= 11 is 6.83. The van der Waals surface area contributed by atoms with Crippen LogP contribution in [0.2, 0.25) is 0 Å². The number of hydrogen-bond acceptors (Lipinski definition) is 3. The monoisotopic (exact) mass is 251 g/mol. The minimum absolute atomic E-state index is 0.172. The minimum Gasteiger partial charge on any atom is -0.298 e. The molecule has 84 valence electrons. The van der Waals surface area contributed by atoms with Gasteiger partial charge in [0.05, 0.1) is 0 Å². The summed E-state index contributed by atoms with van der Waals surface area (Å²) in [6.45, 7) is 0.791. The molecule has 2 nitrogen and oxygen atoms in total. The normalized spacial score (nSPS) is 15.5. The van der Waals surface area contributed by atoms with Crippen molar-refractivity contribution in [1.29, 1.82) is 0 Å². The Labute approximate surface area is 105 Å². The molecule has 0 atom stereocenters. The highest BCUT2D eigenvalue weighted by Crippen LogP contribution is 2.20. The van der Waals surface area contributed by atoms with Gasteiger partial charge in [-0.1, -0.05) is 54.3 Å². The maximum atomic E-state index is 11.5. The molecule has 1 aromatic carbocycles. The van der Waals surface area contributed by atoms with Crippen molar-refractivity contribution in [2.24, 2.45) is 0 Å². The minimum atomic E-state index is 0.172. The smallest absolute Gasteiger partial charge is 0.228 e. The van der Waals surface area contributed by atoms with E-state index in [-0.39, 0.29) is 5.91 Å². The predicted molar refractivity (Wildman–Crippen MR) is 71.3 cm³/mol. The second-order valence-electron chi connectivity index (χ2n) is 3.69. The molecule has 0 spiro atoms.